The summed E-state index contributed by atoms with van der Waals surface area (Å²) in [6.07, 6.45) is 12.6. The Balaban J connectivity index is 1.98. The second-order valence-corrected chi connectivity index (χ2v) is 5.77. The lowest BCUT2D eigenvalue weighted by Crippen LogP contribution is -2.10. The molecule has 0 atom stereocenters. The quantitative estimate of drug-likeness (QED) is 0.684. The Morgan fingerprint density at radius 1 is 0.895 bits per heavy atom. The van der Waals surface area contributed by atoms with Crippen molar-refractivity contribution in [3.8, 4) is 0 Å². The fraction of sp³-hybridized carbons (Fsp3) is 0.500. The van der Waals surface area contributed by atoms with Crippen LogP contribution in [0, 0.1) is 5.92 Å². The normalized spacial score (nSPS) is 21.5. The minimum atomic E-state index is 0.707. The fourth-order valence-corrected chi connectivity index (χ4v) is 3.40. The first-order valence-electron chi connectivity index (χ1n) is 7.76. The van der Waals surface area contributed by atoms with Gasteiger partial charge in [-0.05, 0) is 43.2 Å². The first kappa shape index (κ1) is 12.7. The third-order valence-corrected chi connectivity index (χ3v) is 4.41. The molecule has 0 saturated heterocycles. The van der Waals surface area contributed by atoms with E-state index in [1.807, 2.05) is 0 Å². The van der Waals surface area contributed by atoms with Crippen molar-refractivity contribution in [2.45, 2.75) is 51.4 Å². The molecule has 1 fully saturated rings. The zero-order valence-electron chi connectivity index (χ0n) is 11.6. The van der Waals surface area contributed by atoms with Crippen LogP contribution in [0.5, 0.6) is 0 Å². The van der Waals surface area contributed by atoms with Gasteiger partial charge in [0.25, 0.3) is 0 Å². The van der Waals surface area contributed by atoms with Crippen molar-refractivity contribution in [2.75, 3.05) is 0 Å². The Morgan fingerprint density at radius 2 is 1.68 bits per heavy atom. The predicted octanol–water partition coefficient (Wildman–Crippen LogP) is 5.23. The summed E-state index contributed by atoms with van der Waals surface area (Å²) in [4.78, 5) is 4.86. The molecule has 1 nitrogen and oxygen atoms in total. The number of rotatable bonds is 2. The number of benzene rings is 1. The Kier molecular flexibility index (Phi) is 4.12. The van der Waals surface area contributed by atoms with Crippen LogP contribution in [-0.4, -0.2) is 6.21 Å². The van der Waals surface area contributed by atoms with Gasteiger partial charge in [-0.25, -0.2) is 0 Å². The molecule has 1 aromatic rings. The summed E-state index contributed by atoms with van der Waals surface area (Å²) in [5.41, 5.74) is 4.31. The van der Waals surface area contributed by atoms with E-state index in [2.05, 4.69) is 36.5 Å². The molecular formula is C18H23N. The summed E-state index contributed by atoms with van der Waals surface area (Å²) < 4.78 is 0. The van der Waals surface area contributed by atoms with Gasteiger partial charge in [-0.1, -0.05) is 49.6 Å². The van der Waals surface area contributed by atoms with Crippen LogP contribution < -0.4 is 0 Å². The molecule has 19 heavy (non-hydrogen) atoms. The number of aliphatic imine (C=N–C) groups is 1. The zero-order valence-corrected chi connectivity index (χ0v) is 11.6. The molecule has 1 saturated carbocycles. The van der Waals surface area contributed by atoms with Crippen LogP contribution in [0.1, 0.15) is 56.9 Å². The lowest BCUT2D eigenvalue weighted by molar-refractivity contribution is 0.401. The van der Waals surface area contributed by atoms with Gasteiger partial charge in [-0.3, -0.25) is 4.99 Å². The van der Waals surface area contributed by atoms with Crippen LogP contribution in [0.25, 0.3) is 5.57 Å². The zero-order chi connectivity index (χ0) is 12.9. The van der Waals surface area contributed by atoms with E-state index in [0.717, 1.165) is 6.42 Å². The fourth-order valence-electron chi connectivity index (χ4n) is 3.40. The summed E-state index contributed by atoms with van der Waals surface area (Å²) in [6, 6.07) is 10.9. The predicted molar refractivity (Wildman–Crippen MR) is 82.3 cm³/mol. The number of hydrogen-bond acceptors (Lipinski definition) is 1. The highest BCUT2D eigenvalue weighted by atomic mass is 14.8. The molecule has 0 aromatic heterocycles. The van der Waals surface area contributed by atoms with E-state index in [1.54, 1.807) is 0 Å². The molecule has 0 N–H and O–H groups in total. The van der Waals surface area contributed by atoms with Crippen LogP contribution in [0.3, 0.4) is 0 Å². The second kappa shape index (κ2) is 6.18. The first-order chi connectivity index (χ1) is 9.45. The maximum absolute atomic E-state index is 4.86. The van der Waals surface area contributed by atoms with Crippen molar-refractivity contribution >= 4 is 11.8 Å². The van der Waals surface area contributed by atoms with Crippen molar-refractivity contribution < 1.29 is 0 Å². The summed E-state index contributed by atoms with van der Waals surface area (Å²) in [6.45, 7) is 0. The highest BCUT2D eigenvalue weighted by Crippen LogP contribution is 2.37. The molecule has 0 unspecified atom stereocenters. The average molecular weight is 253 g/mol. The van der Waals surface area contributed by atoms with Gasteiger partial charge in [0.1, 0.15) is 0 Å². The largest absolute Gasteiger partial charge is 0.265 e. The van der Waals surface area contributed by atoms with Gasteiger partial charge in [-0.2, -0.15) is 0 Å². The van der Waals surface area contributed by atoms with Crippen molar-refractivity contribution in [1.82, 2.24) is 0 Å². The van der Waals surface area contributed by atoms with Crippen LogP contribution in [0.15, 0.2) is 41.0 Å². The molecule has 100 valence electrons. The van der Waals surface area contributed by atoms with Gasteiger partial charge in [0, 0.05) is 17.8 Å². The molecule has 2 aliphatic rings. The molecule has 3 rings (SSSR count). The summed E-state index contributed by atoms with van der Waals surface area (Å²) in [7, 11) is 0. The first-order valence-corrected chi connectivity index (χ1v) is 7.76. The Morgan fingerprint density at radius 3 is 2.47 bits per heavy atom. The lowest BCUT2D eigenvalue weighted by Gasteiger charge is -2.24. The molecule has 0 radical (unpaired) electrons. The molecule has 1 aromatic carbocycles. The third kappa shape index (κ3) is 2.97. The van der Waals surface area contributed by atoms with Crippen LogP contribution >= 0.6 is 0 Å². The summed E-state index contributed by atoms with van der Waals surface area (Å²) >= 11 is 0. The van der Waals surface area contributed by atoms with Crippen molar-refractivity contribution in [3.05, 3.63) is 41.6 Å². The van der Waals surface area contributed by atoms with Crippen LogP contribution in [-0.2, 0) is 0 Å². The topological polar surface area (TPSA) is 12.4 Å². The van der Waals surface area contributed by atoms with Gasteiger partial charge >= 0.3 is 0 Å². The molecule has 1 aliphatic heterocycles. The number of nitrogens with zero attached hydrogens (tertiary/aromatic N) is 1. The lowest BCUT2D eigenvalue weighted by atomic mass is 9.83. The van der Waals surface area contributed by atoms with Crippen LogP contribution in [0.2, 0.25) is 0 Å². The minimum Gasteiger partial charge on any atom is -0.265 e. The van der Waals surface area contributed by atoms with E-state index in [0.29, 0.717) is 5.92 Å². The average Bonchev–Trinajstić information content (AvgIpc) is 2.75. The SMILES string of the molecule is C1=NC(C2CCCCC2)=C(c2ccccc2)CCC1. The molecular weight excluding hydrogens is 230 g/mol. The van der Waals surface area contributed by atoms with E-state index >= 15 is 0 Å². The Hall–Kier alpha value is -1.37. The minimum absolute atomic E-state index is 0.707. The van der Waals surface area contributed by atoms with E-state index in [1.165, 1.54) is 61.8 Å². The smallest absolute Gasteiger partial charge is 0.0468 e. The van der Waals surface area contributed by atoms with Gasteiger partial charge in [0.2, 0.25) is 0 Å². The van der Waals surface area contributed by atoms with E-state index in [9.17, 15) is 0 Å². The van der Waals surface area contributed by atoms with E-state index in [-0.39, 0.29) is 0 Å². The maximum Gasteiger partial charge on any atom is 0.0468 e. The molecule has 0 bridgehead atoms. The number of hydrogen-bond donors (Lipinski definition) is 0. The monoisotopic (exact) mass is 253 g/mol. The van der Waals surface area contributed by atoms with Gasteiger partial charge in [0.15, 0.2) is 0 Å². The number of allylic oxidation sites excluding steroid dienone is 2. The maximum atomic E-state index is 4.86. The van der Waals surface area contributed by atoms with Crippen molar-refractivity contribution in [3.63, 3.8) is 0 Å². The standard InChI is InChI=1S/C18H23N/c1-3-9-15(10-4-1)17-13-7-8-14-19-18(17)16-11-5-2-6-12-16/h1,3-4,9-10,14,16H,2,5-8,11-13H2. The highest BCUT2D eigenvalue weighted by Gasteiger charge is 2.22. The molecule has 1 heterocycles. The molecule has 1 heteroatoms. The van der Waals surface area contributed by atoms with Crippen molar-refractivity contribution in [2.24, 2.45) is 10.9 Å². The molecule has 0 spiro atoms. The van der Waals surface area contributed by atoms with Gasteiger partial charge < -0.3 is 0 Å². The van der Waals surface area contributed by atoms with E-state index in [4.69, 9.17) is 4.99 Å². The molecule has 1 aliphatic carbocycles. The second-order valence-electron chi connectivity index (χ2n) is 5.77. The van der Waals surface area contributed by atoms with E-state index < -0.39 is 0 Å². The van der Waals surface area contributed by atoms with Gasteiger partial charge in [0.05, 0.1) is 0 Å². The molecule has 0 amide bonds. The summed E-state index contributed by atoms with van der Waals surface area (Å²) in [5.74, 6) is 0.707. The van der Waals surface area contributed by atoms with Crippen molar-refractivity contribution in [1.29, 1.82) is 0 Å². The van der Waals surface area contributed by atoms with Gasteiger partial charge in [-0.15, -0.1) is 0 Å². The Labute approximate surface area is 116 Å². The highest BCUT2D eigenvalue weighted by molar-refractivity contribution is 5.73. The Bertz CT molecular complexity index is 464. The third-order valence-electron chi connectivity index (χ3n) is 4.41. The summed E-state index contributed by atoms with van der Waals surface area (Å²) in [5, 5.41) is 0. The van der Waals surface area contributed by atoms with Crippen LogP contribution in [0.4, 0.5) is 0 Å².